The van der Waals surface area contributed by atoms with Gasteiger partial charge in [-0.1, -0.05) is 18.2 Å². The highest BCUT2D eigenvalue weighted by atomic mass is 16.5. The van der Waals surface area contributed by atoms with Gasteiger partial charge >= 0.3 is 0 Å². The summed E-state index contributed by atoms with van der Waals surface area (Å²) in [5.41, 5.74) is 2.39. The topological polar surface area (TPSA) is 30.5 Å². The van der Waals surface area contributed by atoms with Crippen molar-refractivity contribution in [2.75, 3.05) is 25.1 Å². The number of rotatable bonds is 5. The molecule has 1 aliphatic heterocycles. The second-order valence-electron chi connectivity index (χ2n) is 4.00. The Hall–Kier alpha value is -1.06. The summed E-state index contributed by atoms with van der Waals surface area (Å²) < 4.78 is 10.8. The maximum Gasteiger partial charge on any atom is 0.0736 e. The van der Waals surface area contributed by atoms with Crippen molar-refractivity contribution in [3.8, 4) is 0 Å². The molecule has 1 heterocycles. The Labute approximate surface area is 96.8 Å². The minimum atomic E-state index is 0.447. The van der Waals surface area contributed by atoms with E-state index in [1.807, 2.05) is 19.1 Å². The van der Waals surface area contributed by atoms with Crippen LogP contribution >= 0.6 is 0 Å². The van der Waals surface area contributed by atoms with Crippen LogP contribution in [0.25, 0.3) is 0 Å². The highest BCUT2D eigenvalue weighted by Gasteiger charge is 2.16. The Bertz CT molecular complexity index is 321. The summed E-state index contributed by atoms with van der Waals surface area (Å²) in [5, 5.41) is 3.51. The summed E-state index contributed by atoms with van der Waals surface area (Å²) in [5.74, 6) is 0. The van der Waals surface area contributed by atoms with E-state index in [1.54, 1.807) is 0 Å². The number of benzene rings is 1. The zero-order chi connectivity index (χ0) is 11.2. The van der Waals surface area contributed by atoms with Crippen molar-refractivity contribution >= 4 is 5.69 Å². The summed E-state index contributed by atoms with van der Waals surface area (Å²) in [4.78, 5) is 0. The average molecular weight is 221 g/mol. The fourth-order valence-electron chi connectivity index (χ4n) is 1.87. The number of hydrogen-bond acceptors (Lipinski definition) is 3. The molecule has 88 valence electrons. The second kappa shape index (κ2) is 5.87. The molecule has 0 saturated carbocycles. The molecular formula is C13H19NO2. The van der Waals surface area contributed by atoms with E-state index in [9.17, 15) is 0 Å². The molecule has 0 amide bonds. The predicted molar refractivity (Wildman–Crippen MR) is 64.6 cm³/mol. The van der Waals surface area contributed by atoms with Crippen LogP contribution in [0.3, 0.4) is 0 Å². The summed E-state index contributed by atoms with van der Waals surface area (Å²) in [6, 6.07) is 8.75. The normalized spacial score (nSPS) is 19.9. The fraction of sp³-hybridized carbons (Fsp3) is 0.538. The first-order valence-corrected chi connectivity index (χ1v) is 5.90. The number of para-hydroxylation sites is 1. The van der Waals surface area contributed by atoms with Gasteiger partial charge in [0.25, 0.3) is 0 Å². The van der Waals surface area contributed by atoms with Crippen LogP contribution in [0.4, 0.5) is 5.69 Å². The van der Waals surface area contributed by atoms with Crippen LogP contribution in [-0.2, 0) is 16.1 Å². The van der Waals surface area contributed by atoms with E-state index in [4.69, 9.17) is 9.47 Å². The first-order valence-electron chi connectivity index (χ1n) is 5.90. The third-order valence-electron chi connectivity index (χ3n) is 2.77. The zero-order valence-corrected chi connectivity index (χ0v) is 9.74. The van der Waals surface area contributed by atoms with Gasteiger partial charge in [0.1, 0.15) is 0 Å². The molecule has 1 saturated heterocycles. The minimum absolute atomic E-state index is 0.447. The highest BCUT2D eigenvalue weighted by Crippen LogP contribution is 2.19. The molecule has 1 fully saturated rings. The van der Waals surface area contributed by atoms with Gasteiger partial charge in [-0.3, -0.25) is 0 Å². The molecular weight excluding hydrogens is 202 g/mol. The molecule has 3 heteroatoms. The van der Waals surface area contributed by atoms with E-state index in [-0.39, 0.29) is 0 Å². The quantitative estimate of drug-likeness (QED) is 0.828. The van der Waals surface area contributed by atoms with Gasteiger partial charge in [0.15, 0.2) is 0 Å². The Morgan fingerprint density at radius 3 is 3.06 bits per heavy atom. The van der Waals surface area contributed by atoms with E-state index in [0.717, 1.165) is 26.2 Å². The van der Waals surface area contributed by atoms with Crippen molar-refractivity contribution in [1.82, 2.24) is 0 Å². The number of nitrogens with one attached hydrogen (secondary N) is 1. The van der Waals surface area contributed by atoms with E-state index in [1.165, 1.54) is 11.3 Å². The van der Waals surface area contributed by atoms with Crippen molar-refractivity contribution in [1.29, 1.82) is 0 Å². The molecule has 3 nitrogen and oxygen atoms in total. The standard InChI is InChI=1S/C13H19NO2/c1-2-15-9-11-5-3-4-6-13(11)14-12-7-8-16-10-12/h3-6,12,14H,2,7-10H2,1H3. The van der Waals surface area contributed by atoms with Crippen LogP contribution < -0.4 is 5.32 Å². The van der Waals surface area contributed by atoms with E-state index in [2.05, 4.69) is 17.4 Å². The van der Waals surface area contributed by atoms with E-state index < -0.39 is 0 Å². The minimum Gasteiger partial charge on any atom is -0.380 e. The molecule has 1 aromatic rings. The highest BCUT2D eigenvalue weighted by molar-refractivity contribution is 5.51. The lowest BCUT2D eigenvalue weighted by Crippen LogP contribution is -2.19. The van der Waals surface area contributed by atoms with Gasteiger partial charge in [-0.2, -0.15) is 0 Å². The molecule has 1 N–H and O–H groups in total. The Morgan fingerprint density at radius 1 is 1.44 bits per heavy atom. The summed E-state index contributed by atoms with van der Waals surface area (Å²) in [7, 11) is 0. The fourth-order valence-corrected chi connectivity index (χ4v) is 1.87. The zero-order valence-electron chi connectivity index (χ0n) is 9.74. The molecule has 2 rings (SSSR count). The summed E-state index contributed by atoms with van der Waals surface area (Å²) in [6.07, 6.45) is 1.09. The van der Waals surface area contributed by atoms with E-state index >= 15 is 0 Å². The molecule has 1 aliphatic rings. The van der Waals surface area contributed by atoms with Gasteiger partial charge in [-0.15, -0.1) is 0 Å². The SMILES string of the molecule is CCOCc1ccccc1NC1CCOC1. The summed E-state index contributed by atoms with van der Waals surface area (Å²) >= 11 is 0. The molecule has 0 bridgehead atoms. The van der Waals surface area contributed by atoms with Crippen LogP contribution in [0.1, 0.15) is 18.9 Å². The molecule has 1 atom stereocenters. The van der Waals surface area contributed by atoms with Crippen molar-refractivity contribution in [3.05, 3.63) is 29.8 Å². The lowest BCUT2D eigenvalue weighted by Gasteiger charge is -2.16. The third-order valence-corrected chi connectivity index (χ3v) is 2.77. The van der Waals surface area contributed by atoms with Gasteiger partial charge in [0, 0.05) is 24.5 Å². The van der Waals surface area contributed by atoms with Gasteiger partial charge in [0.05, 0.1) is 19.3 Å². The maximum absolute atomic E-state index is 5.45. The predicted octanol–water partition coefficient (Wildman–Crippen LogP) is 2.42. The largest absolute Gasteiger partial charge is 0.380 e. The van der Waals surface area contributed by atoms with Gasteiger partial charge in [-0.25, -0.2) is 0 Å². The molecule has 0 spiro atoms. The van der Waals surface area contributed by atoms with Crippen LogP contribution in [0, 0.1) is 0 Å². The second-order valence-corrected chi connectivity index (χ2v) is 4.00. The van der Waals surface area contributed by atoms with Crippen molar-refractivity contribution in [2.24, 2.45) is 0 Å². The van der Waals surface area contributed by atoms with Gasteiger partial charge < -0.3 is 14.8 Å². The summed E-state index contributed by atoms with van der Waals surface area (Å²) in [6.45, 7) is 5.11. The molecule has 1 unspecified atom stereocenters. The molecule has 0 aliphatic carbocycles. The smallest absolute Gasteiger partial charge is 0.0736 e. The third kappa shape index (κ3) is 2.97. The van der Waals surface area contributed by atoms with Crippen LogP contribution in [-0.4, -0.2) is 25.9 Å². The van der Waals surface area contributed by atoms with Crippen molar-refractivity contribution in [2.45, 2.75) is 26.0 Å². The number of anilines is 1. The Morgan fingerprint density at radius 2 is 2.31 bits per heavy atom. The Kier molecular flexibility index (Phi) is 4.19. The average Bonchev–Trinajstić information content (AvgIpc) is 2.81. The number of ether oxygens (including phenoxy) is 2. The van der Waals surface area contributed by atoms with Crippen LogP contribution in [0.2, 0.25) is 0 Å². The first kappa shape index (κ1) is 11.4. The lowest BCUT2D eigenvalue weighted by atomic mass is 10.1. The van der Waals surface area contributed by atoms with Crippen LogP contribution in [0.5, 0.6) is 0 Å². The monoisotopic (exact) mass is 221 g/mol. The molecule has 0 aromatic heterocycles. The van der Waals surface area contributed by atoms with Crippen molar-refractivity contribution in [3.63, 3.8) is 0 Å². The Balaban J connectivity index is 2.00. The van der Waals surface area contributed by atoms with E-state index in [0.29, 0.717) is 12.6 Å². The molecule has 1 aromatic carbocycles. The first-order chi connectivity index (χ1) is 7.90. The lowest BCUT2D eigenvalue weighted by molar-refractivity contribution is 0.134. The van der Waals surface area contributed by atoms with Gasteiger partial charge in [0.2, 0.25) is 0 Å². The molecule has 0 radical (unpaired) electrons. The number of hydrogen-bond donors (Lipinski definition) is 1. The maximum atomic E-state index is 5.45. The molecule has 16 heavy (non-hydrogen) atoms. The van der Waals surface area contributed by atoms with Crippen molar-refractivity contribution < 1.29 is 9.47 Å². The van der Waals surface area contributed by atoms with Gasteiger partial charge in [-0.05, 0) is 19.4 Å². The van der Waals surface area contributed by atoms with Crippen LogP contribution in [0.15, 0.2) is 24.3 Å².